The molecule has 4 heteroatoms. The molecule has 2 aromatic rings. The van der Waals surface area contributed by atoms with Crippen molar-refractivity contribution >= 4 is 15.9 Å². The van der Waals surface area contributed by atoms with E-state index in [9.17, 15) is 4.39 Å². The monoisotopic (exact) mass is 308 g/mol. The van der Waals surface area contributed by atoms with Gasteiger partial charge in [0.25, 0.3) is 0 Å². The molecule has 0 saturated heterocycles. The van der Waals surface area contributed by atoms with Crippen LogP contribution in [0.15, 0.2) is 47.2 Å². The number of pyridine rings is 1. The minimum atomic E-state index is -0.244. The molecule has 1 aromatic carbocycles. The van der Waals surface area contributed by atoms with Crippen molar-refractivity contribution in [3.05, 3.63) is 64.1 Å². The minimum Gasteiger partial charge on any atom is -0.327 e. The first kappa shape index (κ1) is 13.2. The van der Waals surface area contributed by atoms with E-state index in [0.717, 1.165) is 22.0 Å². The van der Waals surface area contributed by atoms with Crippen molar-refractivity contribution in [1.82, 2.24) is 4.98 Å². The summed E-state index contributed by atoms with van der Waals surface area (Å²) in [5.74, 6) is -0.244. The van der Waals surface area contributed by atoms with Crippen LogP contribution in [0, 0.1) is 5.82 Å². The van der Waals surface area contributed by atoms with Crippen molar-refractivity contribution in [3.63, 3.8) is 0 Å². The number of benzene rings is 1. The Morgan fingerprint density at radius 3 is 2.78 bits per heavy atom. The summed E-state index contributed by atoms with van der Waals surface area (Å²) >= 11 is 3.35. The highest BCUT2D eigenvalue weighted by Crippen LogP contribution is 2.19. The molecule has 0 fully saturated rings. The van der Waals surface area contributed by atoms with E-state index < -0.39 is 0 Å². The Bertz CT molecular complexity index is 516. The lowest BCUT2D eigenvalue weighted by Crippen LogP contribution is -2.25. The van der Waals surface area contributed by atoms with E-state index in [2.05, 4.69) is 20.9 Å². The van der Waals surface area contributed by atoms with Crippen LogP contribution in [0.3, 0.4) is 0 Å². The summed E-state index contributed by atoms with van der Waals surface area (Å²) in [5.41, 5.74) is 8.24. The Morgan fingerprint density at radius 2 is 2.11 bits per heavy atom. The molecule has 1 unspecified atom stereocenters. The fourth-order valence-corrected chi connectivity index (χ4v) is 2.38. The maximum atomic E-state index is 13.0. The Hall–Kier alpha value is -1.26. The molecule has 94 valence electrons. The van der Waals surface area contributed by atoms with Crippen LogP contribution in [0.25, 0.3) is 0 Å². The molecular weight excluding hydrogens is 295 g/mol. The molecule has 1 heterocycles. The Kier molecular flexibility index (Phi) is 4.44. The lowest BCUT2D eigenvalue weighted by Gasteiger charge is -2.12. The Morgan fingerprint density at radius 1 is 1.28 bits per heavy atom. The molecule has 2 N–H and O–H groups in total. The van der Waals surface area contributed by atoms with Crippen molar-refractivity contribution < 1.29 is 4.39 Å². The van der Waals surface area contributed by atoms with Crippen molar-refractivity contribution in [2.24, 2.45) is 5.73 Å². The number of hydrogen-bond donors (Lipinski definition) is 1. The number of halogens is 2. The van der Waals surface area contributed by atoms with Gasteiger partial charge < -0.3 is 5.73 Å². The van der Waals surface area contributed by atoms with Gasteiger partial charge in [-0.1, -0.05) is 28.1 Å². The normalized spacial score (nSPS) is 12.4. The molecule has 0 aliphatic heterocycles. The SMILES string of the molecule is NC(Cc1cccnc1)Cc1ccc(F)cc1Br. The van der Waals surface area contributed by atoms with E-state index in [0.29, 0.717) is 6.42 Å². The minimum absolute atomic E-state index is 0.00374. The van der Waals surface area contributed by atoms with Gasteiger partial charge in [0, 0.05) is 22.9 Å². The van der Waals surface area contributed by atoms with Gasteiger partial charge in [-0.05, 0) is 42.2 Å². The van der Waals surface area contributed by atoms with Crippen molar-refractivity contribution in [2.75, 3.05) is 0 Å². The second-order valence-corrected chi connectivity index (χ2v) is 5.12. The third-order valence-corrected chi connectivity index (χ3v) is 3.46. The van der Waals surface area contributed by atoms with E-state index >= 15 is 0 Å². The Labute approximate surface area is 114 Å². The zero-order valence-corrected chi connectivity index (χ0v) is 11.4. The third kappa shape index (κ3) is 3.62. The first-order valence-corrected chi connectivity index (χ1v) is 6.53. The molecule has 0 radical (unpaired) electrons. The van der Waals surface area contributed by atoms with Crippen LogP contribution >= 0.6 is 15.9 Å². The molecule has 0 bridgehead atoms. The maximum absolute atomic E-state index is 13.0. The van der Waals surface area contributed by atoms with Crippen molar-refractivity contribution in [2.45, 2.75) is 18.9 Å². The fraction of sp³-hybridized carbons (Fsp3) is 0.214. The molecule has 0 spiro atoms. The van der Waals surface area contributed by atoms with Crippen LogP contribution < -0.4 is 5.73 Å². The molecule has 18 heavy (non-hydrogen) atoms. The molecule has 1 atom stereocenters. The fourth-order valence-electron chi connectivity index (χ4n) is 1.86. The number of aromatic nitrogens is 1. The van der Waals surface area contributed by atoms with Crippen LogP contribution in [0.4, 0.5) is 4.39 Å². The van der Waals surface area contributed by atoms with Gasteiger partial charge in [-0.25, -0.2) is 4.39 Å². The standard InChI is InChI=1S/C14H14BrFN2/c15-14-8-12(16)4-3-11(14)7-13(17)6-10-2-1-5-18-9-10/h1-5,8-9,13H,6-7,17H2. The van der Waals surface area contributed by atoms with Crippen LogP contribution in [0.2, 0.25) is 0 Å². The summed E-state index contributed by atoms with van der Waals surface area (Å²) in [6.45, 7) is 0. The van der Waals surface area contributed by atoms with E-state index in [1.54, 1.807) is 12.3 Å². The van der Waals surface area contributed by atoms with Gasteiger partial charge >= 0.3 is 0 Å². The second-order valence-electron chi connectivity index (χ2n) is 4.27. The summed E-state index contributed by atoms with van der Waals surface area (Å²) in [6, 6.07) is 8.59. The topological polar surface area (TPSA) is 38.9 Å². The van der Waals surface area contributed by atoms with Gasteiger partial charge in [-0.15, -0.1) is 0 Å². The molecule has 1 aromatic heterocycles. The van der Waals surface area contributed by atoms with E-state index in [4.69, 9.17) is 5.73 Å². The second kappa shape index (κ2) is 6.07. The summed E-state index contributed by atoms with van der Waals surface area (Å²) in [4.78, 5) is 4.06. The number of nitrogens with zero attached hydrogens (tertiary/aromatic N) is 1. The molecule has 0 amide bonds. The highest BCUT2D eigenvalue weighted by atomic mass is 79.9. The quantitative estimate of drug-likeness (QED) is 0.942. The van der Waals surface area contributed by atoms with Crippen LogP contribution in [-0.4, -0.2) is 11.0 Å². The smallest absolute Gasteiger partial charge is 0.124 e. The van der Waals surface area contributed by atoms with Crippen LogP contribution in [0.1, 0.15) is 11.1 Å². The molecule has 0 saturated carbocycles. The highest BCUT2D eigenvalue weighted by molar-refractivity contribution is 9.10. The van der Waals surface area contributed by atoms with Crippen molar-refractivity contribution in [3.8, 4) is 0 Å². The van der Waals surface area contributed by atoms with Gasteiger partial charge in [0.1, 0.15) is 5.82 Å². The van der Waals surface area contributed by atoms with Gasteiger partial charge in [0.2, 0.25) is 0 Å². The van der Waals surface area contributed by atoms with E-state index in [1.165, 1.54) is 12.1 Å². The first-order chi connectivity index (χ1) is 8.65. The predicted molar refractivity (Wildman–Crippen MR) is 73.7 cm³/mol. The number of nitrogens with two attached hydrogens (primary N) is 1. The van der Waals surface area contributed by atoms with E-state index in [-0.39, 0.29) is 11.9 Å². The lowest BCUT2D eigenvalue weighted by atomic mass is 10.0. The molecule has 0 aliphatic rings. The summed E-state index contributed by atoms with van der Waals surface area (Å²) in [6.07, 6.45) is 5.03. The molecule has 2 nitrogen and oxygen atoms in total. The Balaban J connectivity index is 2.01. The number of rotatable bonds is 4. The average molecular weight is 309 g/mol. The maximum Gasteiger partial charge on any atom is 0.124 e. The van der Waals surface area contributed by atoms with Gasteiger partial charge in [0.15, 0.2) is 0 Å². The van der Waals surface area contributed by atoms with Gasteiger partial charge in [0.05, 0.1) is 0 Å². The van der Waals surface area contributed by atoms with Gasteiger partial charge in [-0.3, -0.25) is 4.98 Å². The van der Waals surface area contributed by atoms with Crippen LogP contribution in [-0.2, 0) is 12.8 Å². The summed E-state index contributed by atoms with van der Waals surface area (Å²) in [7, 11) is 0. The summed E-state index contributed by atoms with van der Waals surface area (Å²) < 4.78 is 13.7. The lowest BCUT2D eigenvalue weighted by molar-refractivity contribution is 0.622. The number of hydrogen-bond acceptors (Lipinski definition) is 2. The van der Waals surface area contributed by atoms with Gasteiger partial charge in [-0.2, -0.15) is 0 Å². The molecule has 2 rings (SSSR count). The molecule has 0 aliphatic carbocycles. The van der Waals surface area contributed by atoms with Crippen molar-refractivity contribution in [1.29, 1.82) is 0 Å². The average Bonchev–Trinajstić information content (AvgIpc) is 2.34. The summed E-state index contributed by atoms with van der Waals surface area (Å²) in [5, 5.41) is 0. The molecular formula is C14H14BrFN2. The largest absolute Gasteiger partial charge is 0.327 e. The third-order valence-electron chi connectivity index (χ3n) is 2.72. The van der Waals surface area contributed by atoms with E-state index in [1.807, 2.05) is 18.3 Å². The first-order valence-electron chi connectivity index (χ1n) is 5.73. The highest BCUT2D eigenvalue weighted by Gasteiger charge is 2.08. The zero-order valence-electron chi connectivity index (χ0n) is 9.81. The van der Waals surface area contributed by atoms with Crippen LogP contribution in [0.5, 0.6) is 0 Å². The zero-order chi connectivity index (χ0) is 13.0. The predicted octanol–water partition coefficient (Wildman–Crippen LogP) is 3.10.